The van der Waals surface area contributed by atoms with Crippen LogP contribution in [0.15, 0.2) is 31.0 Å². The maximum atomic E-state index is 6.30. The van der Waals surface area contributed by atoms with Crippen LogP contribution in [0.2, 0.25) is 0 Å². The van der Waals surface area contributed by atoms with Gasteiger partial charge in [0.15, 0.2) is 0 Å². The van der Waals surface area contributed by atoms with Crippen molar-refractivity contribution in [2.45, 2.75) is 51.9 Å². The Morgan fingerprint density at radius 3 is 2.57 bits per heavy atom. The van der Waals surface area contributed by atoms with E-state index in [4.69, 9.17) is 5.73 Å². The predicted molar refractivity (Wildman–Crippen MR) is 94.6 cm³/mol. The van der Waals surface area contributed by atoms with E-state index in [1.165, 1.54) is 29.8 Å². The van der Waals surface area contributed by atoms with Gasteiger partial charge in [-0.3, -0.25) is 0 Å². The summed E-state index contributed by atoms with van der Waals surface area (Å²) in [4.78, 5) is 2.22. The van der Waals surface area contributed by atoms with Crippen molar-refractivity contribution in [2.75, 3.05) is 17.7 Å². The fourth-order valence-electron chi connectivity index (χ4n) is 3.30. The molecular weight excluding hydrogens is 256 g/mol. The van der Waals surface area contributed by atoms with Crippen LogP contribution in [-0.4, -0.2) is 7.05 Å². The lowest BCUT2D eigenvalue weighted by molar-refractivity contribution is 0.495. The van der Waals surface area contributed by atoms with Crippen LogP contribution in [0.3, 0.4) is 0 Å². The molecule has 2 nitrogen and oxygen atoms in total. The Hall–Kier alpha value is -1.70. The second-order valence-corrected chi connectivity index (χ2v) is 6.36. The first-order chi connectivity index (χ1) is 9.86. The highest BCUT2D eigenvalue weighted by Gasteiger charge is 2.41. The maximum Gasteiger partial charge on any atom is 0.0455 e. The average molecular weight is 284 g/mol. The molecule has 114 valence electrons. The normalized spacial score (nSPS) is 20.8. The summed E-state index contributed by atoms with van der Waals surface area (Å²) in [7, 11) is 2.10. The number of fused-ring (bicyclic) bond motifs is 1. The summed E-state index contributed by atoms with van der Waals surface area (Å²) < 4.78 is 0. The molecule has 0 radical (unpaired) electrons. The molecule has 2 N–H and O–H groups in total. The summed E-state index contributed by atoms with van der Waals surface area (Å²) in [6.45, 7) is 15.1. The summed E-state index contributed by atoms with van der Waals surface area (Å²) in [6, 6.07) is 4.34. The number of nitrogen functional groups attached to an aromatic ring is 1. The van der Waals surface area contributed by atoms with Crippen LogP contribution in [0.5, 0.6) is 0 Å². The number of hydrogen-bond acceptors (Lipinski definition) is 2. The van der Waals surface area contributed by atoms with Crippen LogP contribution < -0.4 is 10.6 Å². The van der Waals surface area contributed by atoms with Crippen molar-refractivity contribution < 1.29 is 0 Å². The second kappa shape index (κ2) is 5.59. The topological polar surface area (TPSA) is 29.3 Å². The van der Waals surface area contributed by atoms with Gasteiger partial charge in [0.05, 0.1) is 0 Å². The van der Waals surface area contributed by atoms with Gasteiger partial charge in [0, 0.05) is 35.1 Å². The monoisotopic (exact) mass is 284 g/mol. The summed E-state index contributed by atoms with van der Waals surface area (Å²) in [5, 5.41) is 0. The number of rotatable bonds is 5. The highest BCUT2D eigenvalue weighted by molar-refractivity contribution is 5.82. The van der Waals surface area contributed by atoms with Crippen LogP contribution in [0, 0.1) is 0 Å². The highest BCUT2D eigenvalue weighted by Crippen LogP contribution is 2.51. The Bertz CT molecular complexity index is 585. The molecule has 0 aromatic heterocycles. The SMILES string of the molecule is C=C(CC)c1cc2c(cc1N)C(C)(CCCC)C(=C)N2C. The number of allylic oxidation sites excluding steroid dienone is 2. The molecule has 0 fully saturated rings. The molecule has 1 heterocycles. The summed E-state index contributed by atoms with van der Waals surface area (Å²) in [6.07, 6.45) is 4.43. The smallest absolute Gasteiger partial charge is 0.0455 e. The van der Waals surface area contributed by atoms with Crippen LogP contribution >= 0.6 is 0 Å². The molecule has 1 atom stereocenters. The van der Waals surface area contributed by atoms with E-state index in [0.717, 1.165) is 29.7 Å². The third-order valence-corrected chi connectivity index (χ3v) is 5.00. The Balaban J connectivity index is 2.56. The van der Waals surface area contributed by atoms with Crippen LogP contribution in [0.25, 0.3) is 5.57 Å². The van der Waals surface area contributed by atoms with Gasteiger partial charge < -0.3 is 10.6 Å². The van der Waals surface area contributed by atoms with E-state index in [-0.39, 0.29) is 5.41 Å². The molecular formula is C19H28N2. The first-order valence-electron chi connectivity index (χ1n) is 7.92. The highest BCUT2D eigenvalue weighted by atomic mass is 15.2. The first-order valence-corrected chi connectivity index (χ1v) is 7.92. The van der Waals surface area contributed by atoms with Crippen molar-refractivity contribution in [3.05, 3.63) is 42.1 Å². The minimum atomic E-state index is 0.000289. The fourth-order valence-corrected chi connectivity index (χ4v) is 3.30. The van der Waals surface area contributed by atoms with Gasteiger partial charge in [0.2, 0.25) is 0 Å². The fraction of sp³-hybridized carbons (Fsp3) is 0.474. The lowest BCUT2D eigenvalue weighted by Crippen LogP contribution is -2.25. The molecule has 1 aliphatic heterocycles. The van der Waals surface area contributed by atoms with Gasteiger partial charge in [-0.25, -0.2) is 0 Å². The van der Waals surface area contributed by atoms with E-state index in [0.29, 0.717) is 0 Å². The lowest BCUT2D eigenvalue weighted by Gasteiger charge is -2.27. The standard InChI is InChI=1S/C19H28N2/c1-7-9-10-19(5)14(4)21(6)18-11-15(13(3)8-2)17(20)12-16(18)19/h11-12H,3-4,7-10,20H2,1-2,5-6H3. The van der Waals surface area contributed by atoms with Crippen LogP contribution in [0.1, 0.15) is 57.6 Å². The van der Waals surface area contributed by atoms with E-state index >= 15 is 0 Å². The first kappa shape index (κ1) is 15.7. The van der Waals surface area contributed by atoms with Crippen LogP contribution in [-0.2, 0) is 5.41 Å². The molecule has 21 heavy (non-hydrogen) atoms. The number of anilines is 2. The molecule has 2 heteroatoms. The molecule has 0 aliphatic carbocycles. The zero-order chi connectivity index (χ0) is 15.8. The van der Waals surface area contributed by atoms with Crippen molar-refractivity contribution in [1.29, 1.82) is 0 Å². The Kier molecular flexibility index (Phi) is 4.18. The molecule has 0 saturated heterocycles. The molecule has 0 amide bonds. The Morgan fingerprint density at radius 1 is 1.33 bits per heavy atom. The van der Waals surface area contributed by atoms with Gasteiger partial charge in [-0.15, -0.1) is 0 Å². The molecule has 0 bridgehead atoms. The zero-order valence-electron chi connectivity index (χ0n) is 13.9. The van der Waals surface area contributed by atoms with Crippen molar-refractivity contribution in [3.63, 3.8) is 0 Å². The Labute approximate surface area is 129 Å². The van der Waals surface area contributed by atoms with Crippen molar-refractivity contribution in [1.82, 2.24) is 0 Å². The Morgan fingerprint density at radius 2 is 2.00 bits per heavy atom. The number of benzene rings is 1. The lowest BCUT2D eigenvalue weighted by atomic mass is 9.77. The minimum absolute atomic E-state index is 0.000289. The van der Waals surface area contributed by atoms with Gasteiger partial charge in [-0.2, -0.15) is 0 Å². The van der Waals surface area contributed by atoms with Crippen LogP contribution in [0.4, 0.5) is 11.4 Å². The van der Waals surface area contributed by atoms with Crippen molar-refractivity contribution in [3.8, 4) is 0 Å². The maximum absolute atomic E-state index is 6.30. The number of nitrogens with two attached hydrogens (primary N) is 1. The van der Waals surface area contributed by atoms with Crippen molar-refractivity contribution >= 4 is 16.9 Å². The van der Waals surface area contributed by atoms with E-state index in [1.54, 1.807) is 0 Å². The van der Waals surface area contributed by atoms with Gasteiger partial charge in [0.25, 0.3) is 0 Å². The zero-order valence-corrected chi connectivity index (χ0v) is 13.9. The quantitative estimate of drug-likeness (QED) is 0.762. The molecule has 2 rings (SSSR count). The molecule has 0 saturated carbocycles. The number of hydrogen-bond donors (Lipinski definition) is 1. The molecule has 0 spiro atoms. The second-order valence-electron chi connectivity index (χ2n) is 6.36. The third-order valence-electron chi connectivity index (χ3n) is 5.00. The molecule has 1 aliphatic rings. The number of likely N-dealkylation sites (N-methyl/N-ethyl adjacent to an activating group) is 1. The molecule has 1 aromatic rings. The van der Waals surface area contributed by atoms with E-state index in [2.05, 4.69) is 58.0 Å². The van der Waals surface area contributed by atoms with Gasteiger partial charge in [-0.1, -0.05) is 39.8 Å². The third kappa shape index (κ3) is 2.37. The van der Waals surface area contributed by atoms with E-state index in [1.807, 2.05) is 0 Å². The summed E-state index contributed by atoms with van der Waals surface area (Å²) >= 11 is 0. The molecule has 1 unspecified atom stereocenters. The van der Waals surface area contributed by atoms with Gasteiger partial charge in [0.1, 0.15) is 0 Å². The number of unbranched alkanes of at least 4 members (excludes halogenated alkanes) is 1. The van der Waals surface area contributed by atoms with E-state index in [9.17, 15) is 0 Å². The molecule has 1 aromatic carbocycles. The van der Waals surface area contributed by atoms with Crippen molar-refractivity contribution in [2.24, 2.45) is 0 Å². The largest absolute Gasteiger partial charge is 0.398 e. The van der Waals surface area contributed by atoms with E-state index < -0.39 is 0 Å². The minimum Gasteiger partial charge on any atom is -0.398 e. The van der Waals surface area contributed by atoms with Gasteiger partial charge >= 0.3 is 0 Å². The number of nitrogens with zero attached hydrogens (tertiary/aromatic N) is 1. The summed E-state index contributed by atoms with van der Waals surface area (Å²) in [5.41, 5.74) is 13.0. The predicted octanol–water partition coefficient (Wildman–Crippen LogP) is 5.10. The summed E-state index contributed by atoms with van der Waals surface area (Å²) in [5.74, 6) is 0. The van der Waals surface area contributed by atoms with Gasteiger partial charge in [-0.05, 0) is 43.0 Å². The average Bonchev–Trinajstić information content (AvgIpc) is 2.66.